The third-order valence-electron chi connectivity index (χ3n) is 1.58. The number of hydrogen-bond donors (Lipinski definition) is 2. The fourth-order valence-corrected chi connectivity index (χ4v) is 0.920. The van der Waals surface area contributed by atoms with Crippen molar-refractivity contribution in [2.45, 2.75) is 25.8 Å². The summed E-state index contributed by atoms with van der Waals surface area (Å²) in [7, 11) is 0. The molecule has 1 aromatic heterocycles. The van der Waals surface area contributed by atoms with E-state index in [0.29, 0.717) is 0 Å². The molecule has 0 spiro atoms. The van der Waals surface area contributed by atoms with Gasteiger partial charge in [0.25, 0.3) is 11.7 Å². The first kappa shape index (κ1) is 9.66. The molecule has 0 saturated heterocycles. The van der Waals surface area contributed by atoms with Crippen LogP contribution >= 0.6 is 0 Å². The molecule has 0 saturated carbocycles. The van der Waals surface area contributed by atoms with E-state index in [0.717, 1.165) is 12.8 Å². The van der Waals surface area contributed by atoms with Crippen LogP contribution in [0.25, 0.3) is 0 Å². The monoisotopic (exact) mass is 184 g/mol. The maximum atomic E-state index is 10.6. The summed E-state index contributed by atoms with van der Waals surface area (Å²) in [5.41, 5.74) is 10.6. The van der Waals surface area contributed by atoms with Gasteiger partial charge in [-0.3, -0.25) is 4.79 Å². The second kappa shape index (κ2) is 3.99. The molecule has 1 atom stereocenters. The Labute approximate surface area is 75.3 Å². The largest absolute Gasteiger partial charge is 0.363 e. The summed E-state index contributed by atoms with van der Waals surface area (Å²) in [6.45, 7) is 1.99. The van der Waals surface area contributed by atoms with Crippen molar-refractivity contribution in [3.05, 3.63) is 11.7 Å². The van der Waals surface area contributed by atoms with Crippen LogP contribution in [0.5, 0.6) is 0 Å². The Bertz CT molecular complexity index is 296. The molecule has 0 aliphatic carbocycles. The van der Waals surface area contributed by atoms with E-state index < -0.39 is 5.91 Å². The summed E-state index contributed by atoms with van der Waals surface area (Å²) in [5, 5.41) is 3.38. The minimum atomic E-state index is -0.710. The fraction of sp³-hybridized carbons (Fsp3) is 0.571. The molecule has 1 amide bonds. The molecule has 6 nitrogen and oxygen atoms in total. The second-order valence-electron chi connectivity index (χ2n) is 2.72. The van der Waals surface area contributed by atoms with E-state index in [-0.39, 0.29) is 17.8 Å². The summed E-state index contributed by atoms with van der Waals surface area (Å²) in [6, 6.07) is -0.314. The highest BCUT2D eigenvalue weighted by molar-refractivity contribution is 5.88. The highest BCUT2D eigenvalue weighted by Gasteiger charge is 2.16. The first-order valence-electron chi connectivity index (χ1n) is 4.04. The van der Waals surface area contributed by atoms with Crippen molar-refractivity contribution in [3.63, 3.8) is 0 Å². The van der Waals surface area contributed by atoms with Crippen molar-refractivity contribution in [1.29, 1.82) is 0 Å². The molecule has 0 bridgehead atoms. The normalized spacial score (nSPS) is 12.8. The first-order chi connectivity index (χ1) is 6.15. The second-order valence-corrected chi connectivity index (χ2v) is 2.72. The standard InChI is InChI=1S/C7H12N4O2/c1-2-3-4(8)7-10-6(5(9)12)11-13-7/h4H,2-3,8H2,1H3,(H2,9,12)/t4-/m1/s1. The van der Waals surface area contributed by atoms with Crippen LogP contribution in [0.1, 0.15) is 42.3 Å². The Morgan fingerprint density at radius 2 is 2.38 bits per heavy atom. The average molecular weight is 184 g/mol. The van der Waals surface area contributed by atoms with Gasteiger partial charge in [-0.2, -0.15) is 4.98 Å². The zero-order chi connectivity index (χ0) is 9.84. The van der Waals surface area contributed by atoms with Gasteiger partial charge in [-0.25, -0.2) is 0 Å². The lowest BCUT2D eigenvalue weighted by molar-refractivity contribution is 0.0987. The predicted octanol–water partition coefficient (Wildman–Crippen LogP) is -0.0316. The Kier molecular flexibility index (Phi) is 2.97. The van der Waals surface area contributed by atoms with Crippen LogP contribution in [-0.4, -0.2) is 16.0 Å². The zero-order valence-corrected chi connectivity index (χ0v) is 7.36. The maximum absolute atomic E-state index is 10.6. The van der Waals surface area contributed by atoms with Crippen molar-refractivity contribution in [2.24, 2.45) is 11.5 Å². The summed E-state index contributed by atoms with van der Waals surface area (Å²) in [5.74, 6) is -0.573. The fourth-order valence-electron chi connectivity index (χ4n) is 0.920. The first-order valence-corrected chi connectivity index (χ1v) is 4.04. The van der Waals surface area contributed by atoms with E-state index in [4.69, 9.17) is 16.0 Å². The van der Waals surface area contributed by atoms with Crippen LogP contribution in [0.4, 0.5) is 0 Å². The molecule has 0 aliphatic heterocycles. The van der Waals surface area contributed by atoms with Gasteiger partial charge in [-0.1, -0.05) is 18.5 Å². The van der Waals surface area contributed by atoms with Crippen LogP contribution in [0.2, 0.25) is 0 Å². The van der Waals surface area contributed by atoms with Crippen LogP contribution in [-0.2, 0) is 0 Å². The highest BCUT2D eigenvalue weighted by Crippen LogP contribution is 2.12. The lowest BCUT2D eigenvalue weighted by atomic mass is 10.2. The van der Waals surface area contributed by atoms with Gasteiger partial charge in [0.15, 0.2) is 0 Å². The summed E-state index contributed by atoms with van der Waals surface area (Å²) >= 11 is 0. The van der Waals surface area contributed by atoms with E-state index in [1.165, 1.54) is 0 Å². The van der Waals surface area contributed by atoms with E-state index in [9.17, 15) is 4.79 Å². The molecule has 72 valence electrons. The van der Waals surface area contributed by atoms with Crippen LogP contribution in [0.3, 0.4) is 0 Å². The van der Waals surface area contributed by atoms with E-state index in [1.54, 1.807) is 0 Å². The van der Waals surface area contributed by atoms with Gasteiger partial charge < -0.3 is 16.0 Å². The molecule has 1 aromatic rings. The molecule has 0 radical (unpaired) electrons. The number of aromatic nitrogens is 2. The van der Waals surface area contributed by atoms with Gasteiger partial charge in [0.05, 0.1) is 6.04 Å². The molecule has 1 rings (SSSR count). The SMILES string of the molecule is CCC[C@@H](N)c1nc(C(N)=O)no1. The summed E-state index contributed by atoms with van der Waals surface area (Å²) < 4.78 is 4.75. The smallest absolute Gasteiger partial charge is 0.290 e. The van der Waals surface area contributed by atoms with E-state index in [1.807, 2.05) is 6.92 Å². The third-order valence-corrected chi connectivity index (χ3v) is 1.58. The van der Waals surface area contributed by atoms with Crippen molar-refractivity contribution in [1.82, 2.24) is 10.1 Å². The van der Waals surface area contributed by atoms with E-state index >= 15 is 0 Å². The number of hydrogen-bond acceptors (Lipinski definition) is 5. The molecular formula is C7H12N4O2. The van der Waals surface area contributed by atoms with Gasteiger partial charge >= 0.3 is 0 Å². The number of rotatable bonds is 4. The molecule has 0 aliphatic rings. The zero-order valence-electron chi connectivity index (χ0n) is 7.36. The van der Waals surface area contributed by atoms with Crippen molar-refractivity contribution in [2.75, 3.05) is 0 Å². The van der Waals surface area contributed by atoms with Gasteiger partial charge in [0, 0.05) is 0 Å². The molecule has 6 heteroatoms. The molecule has 0 unspecified atom stereocenters. The summed E-state index contributed by atoms with van der Waals surface area (Å²) in [6.07, 6.45) is 1.65. The molecule has 1 heterocycles. The number of primary amides is 1. The quantitative estimate of drug-likeness (QED) is 0.682. The van der Waals surface area contributed by atoms with Gasteiger partial charge in [-0.05, 0) is 6.42 Å². The Morgan fingerprint density at radius 1 is 1.69 bits per heavy atom. The number of amides is 1. The Balaban J connectivity index is 2.73. The van der Waals surface area contributed by atoms with E-state index in [2.05, 4.69) is 10.1 Å². The number of carbonyl (C=O) groups is 1. The van der Waals surface area contributed by atoms with Crippen LogP contribution < -0.4 is 11.5 Å². The lowest BCUT2D eigenvalue weighted by Crippen LogP contribution is -2.14. The topological polar surface area (TPSA) is 108 Å². The molecular weight excluding hydrogens is 172 g/mol. The van der Waals surface area contributed by atoms with Crippen molar-refractivity contribution in [3.8, 4) is 0 Å². The van der Waals surface area contributed by atoms with Crippen molar-refractivity contribution >= 4 is 5.91 Å². The highest BCUT2D eigenvalue weighted by atomic mass is 16.5. The van der Waals surface area contributed by atoms with Gasteiger partial charge in [-0.15, -0.1) is 0 Å². The molecule has 0 fully saturated rings. The maximum Gasteiger partial charge on any atom is 0.290 e. The van der Waals surface area contributed by atoms with Crippen LogP contribution in [0.15, 0.2) is 4.52 Å². The van der Waals surface area contributed by atoms with Gasteiger partial charge in [0.2, 0.25) is 5.89 Å². The van der Waals surface area contributed by atoms with Crippen LogP contribution in [0, 0.1) is 0 Å². The molecule has 0 aromatic carbocycles. The lowest BCUT2D eigenvalue weighted by Gasteiger charge is -2.01. The molecule has 4 N–H and O–H groups in total. The Morgan fingerprint density at radius 3 is 2.85 bits per heavy atom. The Hall–Kier alpha value is -1.43. The molecule has 13 heavy (non-hydrogen) atoms. The summed E-state index contributed by atoms with van der Waals surface area (Å²) in [4.78, 5) is 14.3. The number of nitrogens with two attached hydrogens (primary N) is 2. The van der Waals surface area contributed by atoms with Gasteiger partial charge in [0.1, 0.15) is 0 Å². The third kappa shape index (κ3) is 2.25. The predicted molar refractivity (Wildman–Crippen MR) is 44.7 cm³/mol. The minimum Gasteiger partial charge on any atom is -0.363 e. The average Bonchev–Trinajstić information content (AvgIpc) is 2.52. The number of carbonyl (C=O) groups excluding carboxylic acids is 1. The number of nitrogens with zero attached hydrogens (tertiary/aromatic N) is 2. The minimum absolute atomic E-state index is 0.124. The van der Waals surface area contributed by atoms with Crippen molar-refractivity contribution < 1.29 is 9.32 Å².